The van der Waals surface area contributed by atoms with Gasteiger partial charge in [0, 0.05) is 30.9 Å². The van der Waals surface area contributed by atoms with Crippen LogP contribution in [-0.4, -0.2) is 33.4 Å². The molecule has 0 unspecified atom stereocenters. The second kappa shape index (κ2) is 7.84. The molecule has 0 bridgehead atoms. The Morgan fingerprint density at radius 2 is 1.79 bits per heavy atom. The summed E-state index contributed by atoms with van der Waals surface area (Å²) in [5.74, 6) is 0.968. The lowest BCUT2D eigenvalue weighted by Crippen LogP contribution is -2.34. The van der Waals surface area contributed by atoms with Gasteiger partial charge < -0.3 is 15.0 Å². The predicted octanol–water partition coefficient (Wildman–Crippen LogP) is 3.97. The number of hydrogen-bond donors (Lipinski definition) is 2. The van der Waals surface area contributed by atoms with Crippen LogP contribution in [0.5, 0.6) is 5.75 Å². The standard InChI is InChI=1S/C22H24N4O2/c1-26(17-5-3-2-4-6-17)21-10-9-19(24-25-21)18-8-7-15(13-20(18)27)16-11-12-23-22(28)14-16/h7-14,17,27H,2-6H2,1H3,(H,23,28). The van der Waals surface area contributed by atoms with E-state index in [9.17, 15) is 9.90 Å². The van der Waals surface area contributed by atoms with Crippen LogP contribution in [0.2, 0.25) is 0 Å². The third-order valence-electron chi connectivity index (χ3n) is 5.52. The third-order valence-corrected chi connectivity index (χ3v) is 5.52. The highest BCUT2D eigenvalue weighted by Gasteiger charge is 2.19. The van der Waals surface area contributed by atoms with Crippen LogP contribution in [0.15, 0.2) is 53.5 Å². The van der Waals surface area contributed by atoms with Gasteiger partial charge in [0.15, 0.2) is 5.82 Å². The summed E-state index contributed by atoms with van der Waals surface area (Å²) in [6.45, 7) is 0. The van der Waals surface area contributed by atoms with Crippen molar-refractivity contribution >= 4 is 5.82 Å². The van der Waals surface area contributed by atoms with Gasteiger partial charge in [-0.05, 0) is 54.3 Å². The quantitative estimate of drug-likeness (QED) is 0.720. The maximum atomic E-state index is 11.5. The van der Waals surface area contributed by atoms with Crippen LogP contribution in [-0.2, 0) is 0 Å². The van der Waals surface area contributed by atoms with Crippen LogP contribution < -0.4 is 10.5 Å². The molecule has 3 aromatic rings. The fourth-order valence-electron chi connectivity index (χ4n) is 3.86. The number of benzene rings is 1. The van der Waals surface area contributed by atoms with Crippen molar-refractivity contribution in [3.8, 4) is 28.1 Å². The third kappa shape index (κ3) is 3.76. The van der Waals surface area contributed by atoms with Crippen molar-refractivity contribution in [3.63, 3.8) is 0 Å². The number of nitrogens with zero attached hydrogens (tertiary/aromatic N) is 3. The zero-order valence-corrected chi connectivity index (χ0v) is 15.9. The van der Waals surface area contributed by atoms with Gasteiger partial charge in [-0.25, -0.2) is 0 Å². The van der Waals surface area contributed by atoms with Crippen molar-refractivity contribution in [2.45, 2.75) is 38.1 Å². The highest BCUT2D eigenvalue weighted by Crippen LogP contribution is 2.32. The number of aromatic nitrogens is 3. The molecule has 1 aliphatic rings. The number of aromatic hydroxyl groups is 1. The van der Waals surface area contributed by atoms with Crippen molar-refractivity contribution in [2.24, 2.45) is 0 Å². The first-order valence-corrected chi connectivity index (χ1v) is 9.71. The smallest absolute Gasteiger partial charge is 0.248 e. The zero-order valence-electron chi connectivity index (χ0n) is 15.9. The highest BCUT2D eigenvalue weighted by atomic mass is 16.3. The molecule has 0 saturated heterocycles. The van der Waals surface area contributed by atoms with Gasteiger partial charge in [-0.1, -0.05) is 25.3 Å². The van der Waals surface area contributed by atoms with Gasteiger partial charge >= 0.3 is 0 Å². The molecule has 0 atom stereocenters. The molecule has 2 aromatic heterocycles. The fourth-order valence-corrected chi connectivity index (χ4v) is 3.86. The first kappa shape index (κ1) is 18.2. The zero-order chi connectivity index (χ0) is 19.5. The van der Waals surface area contributed by atoms with Crippen LogP contribution in [0.4, 0.5) is 5.82 Å². The molecular formula is C22H24N4O2. The molecule has 1 aliphatic carbocycles. The summed E-state index contributed by atoms with van der Waals surface area (Å²) in [5, 5.41) is 19.2. The number of anilines is 1. The van der Waals surface area contributed by atoms with Crippen LogP contribution >= 0.6 is 0 Å². The Kier molecular flexibility index (Phi) is 5.10. The fraction of sp³-hybridized carbons (Fsp3) is 0.318. The van der Waals surface area contributed by atoms with E-state index in [0.29, 0.717) is 17.3 Å². The van der Waals surface area contributed by atoms with Gasteiger partial charge in [0.05, 0.1) is 5.69 Å². The Balaban J connectivity index is 1.56. The number of rotatable bonds is 4. The summed E-state index contributed by atoms with van der Waals surface area (Å²) in [6, 6.07) is 13.0. The minimum absolute atomic E-state index is 0.112. The highest BCUT2D eigenvalue weighted by molar-refractivity contribution is 5.74. The SMILES string of the molecule is CN(c1ccc(-c2ccc(-c3cc[nH]c(=O)c3)cc2O)nn1)C1CCCCC1. The van der Waals surface area contributed by atoms with Gasteiger partial charge in [0.25, 0.3) is 0 Å². The lowest BCUT2D eigenvalue weighted by Gasteiger charge is -2.31. The largest absolute Gasteiger partial charge is 0.507 e. The molecule has 2 N–H and O–H groups in total. The number of phenols is 1. The van der Waals surface area contributed by atoms with E-state index in [1.165, 1.54) is 38.2 Å². The normalized spacial score (nSPS) is 14.8. The van der Waals surface area contributed by atoms with Gasteiger partial charge in [-0.2, -0.15) is 0 Å². The number of H-pyrrole nitrogens is 1. The molecule has 1 aromatic carbocycles. The molecule has 6 heteroatoms. The van der Waals surface area contributed by atoms with E-state index >= 15 is 0 Å². The lowest BCUT2D eigenvalue weighted by atomic mass is 9.94. The maximum absolute atomic E-state index is 11.5. The van der Waals surface area contributed by atoms with Crippen LogP contribution in [0, 0.1) is 0 Å². The minimum atomic E-state index is -0.176. The van der Waals surface area contributed by atoms with Crippen LogP contribution in [0.1, 0.15) is 32.1 Å². The number of aromatic amines is 1. The Labute approximate surface area is 163 Å². The molecule has 2 heterocycles. The summed E-state index contributed by atoms with van der Waals surface area (Å²) in [7, 11) is 2.08. The molecular weight excluding hydrogens is 352 g/mol. The van der Waals surface area contributed by atoms with Crippen molar-refractivity contribution < 1.29 is 5.11 Å². The number of phenolic OH excluding ortho intramolecular Hbond substituents is 1. The number of hydrogen-bond acceptors (Lipinski definition) is 5. The van der Waals surface area contributed by atoms with Crippen molar-refractivity contribution in [1.82, 2.24) is 15.2 Å². The van der Waals surface area contributed by atoms with Crippen LogP contribution in [0.3, 0.4) is 0 Å². The molecule has 1 saturated carbocycles. The minimum Gasteiger partial charge on any atom is -0.507 e. The van der Waals surface area contributed by atoms with Gasteiger partial charge in [-0.3, -0.25) is 4.79 Å². The molecule has 28 heavy (non-hydrogen) atoms. The molecule has 0 spiro atoms. The van der Waals surface area contributed by atoms with Gasteiger partial charge in [-0.15, -0.1) is 10.2 Å². The van der Waals surface area contributed by atoms with Crippen molar-refractivity contribution in [1.29, 1.82) is 0 Å². The maximum Gasteiger partial charge on any atom is 0.248 e. The van der Waals surface area contributed by atoms with Crippen molar-refractivity contribution in [2.75, 3.05) is 11.9 Å². The second-order valence-corrected chi connectivity index (χ2v) is 7.35. The molecule has 144 valence electrons. The number of nitrogens with one attached hydrogen (secondary N) is 1. The Morgan fingerprint density at radius 3 is 2.46 bits per heavy atom. The Hall–Kier alpha value is -3.15. The van der Waals surface area contributed by atoms with E-state index in [4.69, 9.17) is 0 Å². The van der Waals surface area contributed by atoms with Crippen LogP contribution in [0.25, 0.3) is 22.4 Å². The van der Waals surface area contributed by atoms with E-state index < -0.39 is 0 Å². The van der Waals surface area contributed by atoms with Crippen molar-refractivity contribution in [3.05, 3.63) is 59.0 Å². The van der Waals surface area contributed by atoms with Gasteiger partial charge in [0.2, 0.25) is 5.56 Å². The summed E-state index contributed by atoms with van der Waals surface area (Å²) < 4.78 is 0. The molecule has 4 rings (SSSR count). The summed E-state index contributed by atoms with van der Waals surface area (Å²) in [4.78, 5) is 16.3. The van der Waals surface area contributed by atoms with E-state index in [1.807, 2.05) is 18.2 Å². The molecule has 1 fully saturated rings. The average Bonchev–Trinajstić information content (AvgIpc) is 2.74. The molecule has 0 radical (unpaired) electrons. The first-order valence-electron chi connectivity index (χ1n) is 9.71. The van der Waals surface area contributed by atoms with Gasteiger partial charge in [0.1, 0.15) is 5.75 Å². The topological polar surface area (TPSA) is 82.1 Å². The Morgan fingerprint density at radius 1 is 1.00 bits per heavy atom. The summed E-state index contributed by atoms with van der Waals surface area (Å²) >= 11 is 0. The number of pyridine rings is 1. The first-order chi connectivity index (χ1) is 13.6. The summed E-state index contributed by atoms with van der Waals surface area (Å²) in [5.41, 5.74) is 2.59. The Bertz CT molecular complexity index is 1010. The predicted molar refractivity (Wildman–Crippen MR) is 110 cm³/mol. The molecule has 0 aliphatic heterocycles. The second-order valence-electron chi connectivity index (χ2n) is 7.35. The molecule has 0 amide bonds. The molecule has 6 nitrogen and oxygen atoms in total. The van der Waals surface area contributed by atoms with E-state index in [0.717, 1.165) is 16.9 Å². The lowest BCUT2D eigenvalue weighted by molar-refractivity contribution is 0.425. The average molecular weight is 376 g/mol. The monoisotopic (exact) mass is 376 g/mol. The summed E-state index contributed by atoms with van der Waals surface area (Å²) in [6.07, 6.45) is 7.86. The van der Waals surface area contributed by atoms with E-state index in [1.54, 1.807) is 24.4 Å². The van der Waals surface area contributed by atoms with E-state index in [2.05, 4.69) is 27.1 Å². The van der Waals surface area contributed by atoms with E-state index in [-0.39, 0.29) is 11.3 Å².